The standard InChI is InChI=1S/C17H23N3O2/c1-2-22-16-7-4-3-6-15(16)19-17(21)14-8-12-20(13-9-14)11-5-10-18/h3-4,6-7,14H,2,5,8-9,11-13H2,1H3,(H,19,21). The zero-order chi connectivity index (χ0) is 15.8. The SMILES string of the molecule is CCOc1ccccc1NC(=O)C1CCN(CCC#N)CC1. The third-order valence-corrected chi connectivity index (χ3v) is 3.94. The van der Waals surface area contributed by atoms with E-state index in [9.17, 15) is 4.79 Å². The summed E-state index contributed by atoms with van der Waals surface area (Å²) in [4.78, 5) is 14.7. The predicted molar refractivity (Wildman–Crippen MR) is 85.6 cm³/mol. The van der Waals surface area contributed by atoms with Gasteiger partial charge in [0.25, 0.3) is 0 Å². The Hall–Kier alpha value is -2.06. The lowest BCUT2D eigenvalue weighted by molar-refractivity contribution is -0.121. The highest BCUT2D eigenvalue weighted by atomic mass is 16.5. The second-order valence-electron chi connectivity index (χ2n) is 5.44. The Kier molecular flexibility index (Phi) is 6.23. The highest BCUT2D eigenvalue weighted by Crippen LogP contribution is 2.26. The number of anilines is 1. The van der Waals surface area contributed by atoms with Crippen LogP contribution in [-0.2, 0) is 4.79 Å². The van der Waals surface area contributed by atoms with Gasteiger partial charge in [0.05, 0.1) is 18.4 Å². The second kappa shape index (κ2) is 8.40. The number of hydrogen-bond donors (Lipinski definition) is 1. The van der Waals surface area contributed by atoms with Gasteiger partial charge in [-0.25, -0.2) is 0 Å². The van der Waals surface area contributed by atoms with Gasteiger partial charge in [-0.1, -0.05) is 12.1 Å². The molecular weight excluding hydrogens is 278 g/mol. The molecule has 2 rings (SSSR count). The van der Waals surface area contributed by atoms with E-state index in [1.165, 1.54) is 0 Å². The van der Waals surface area contributed by atoms with Gasteiger partial charge in [-0.15, -0.1) is 0 Å². The van der Waals surface area contributed by atoms with Crippen LogP contribution < -0.4 is 10.1 Å². The number of hydrogen-bond acceptors (Lipinski definition) is 4. The van der Waals surface area contributed by atoms with Crippen molar-refractivity contribution in [1.82, 2.24) is 4.90 Å². The monoisotopic (exact) mass is 301 g/mol. The Morgan fingerprint density at radius 1 is 1.41 bits per heavy atom. The molecule has 1 N–H and O–H groups in total. The van der Waals surface area contributed by atoms with Gasteiger partial charge in [0, 0.05) is 18.9 Å². The summed E-state index contributed by atoms with van der Waals surface area (Å²) < 4.78 is 5.53. The van der Waals surface area contributed by atoms with Crippen molar-refractivity contribution >= 4 is 11.6 Å². The highest BCUT2D eigenvalue weighted by Gasteiger charge is 2.25. The molecule has 1 amide bonds. The molecule has 1 aliphatic rings. The highest BCUT2D eigenvalue weighted by molar-refractivity contribution is 5.94. The summed E-state index contributed by atoms with van der Waals surface area (Å²) >= 11 is 0. The summed E-state index contributed by atoms with van der Waals surface area (Å²) in [6.45, 7) is 5.07. The first-order valence-electron chi connectivity index (χ1n) is 7.86. The third kappa shape index (κ3) is 4.47. The molecule has 0 spiro atoms. The number of ether oxygens (including phenoxy) is 1. The molecule has 0 aromatic heterocycles. The largest absolute Gasteiger partial charge is 0.492 e. The van der Waals surface area contributed by atoms with Gasteiger partial charge < -0.3 is 15.0 Å². The van der Waals surface area contributed by atoms with Crippen LogP contribution in [0.3, 0.4) is 0 Å². The number of benzene rings is 1. The van der Waals surface area contributed by atoms with E-state index in [-0.39, 0.29) is 11.8 Å². The molecule has 5 nitrogen and oxygen atoms in total. The zero-order valence-electron chi connectivity index (χ0n) is 13.0. The lowest BCUT2D eigenvalue weighted by Gasteiger charge is -2.30. The van der Waals surface area contributed by atoms with Crippen molar-refractivity contribution in [2.75, 3.05) is 31.6 Å². The molecule has 118 valence electrons. The first-order chi connectivity index (χ1) is 10.7. The van der Waals surface area contributed by atoms with Crippen LogP contribution in [0.5, 0.6) is 5.75 Å². The van der Waals surface area contributed by atoms with Crippen LogP contribution >= 0.6 is 0 Å². The average Bonchev–Trinajstić information content (AvgIpc) is 2.55. The van der Waals surface area contributed by atoms with Crippen molar-refractivity contribution in [2.45, 2.75) is 26.2 Å². The smallest absolute Gasteiger partial charge is 0.227 e. The maximum absolute atomic E-state index is 12.4. The number of nitrogens with zero attached hydrogens (tertiary/aromatic N) is 2. The topological polar surface area (TPSA) is 65.4 Å². The lowest BCUT2D eigenvalue weighted by atomic mass is 9.95. The second-order valence-corrected chi connectivity index (χ2v) is 5.44. The van der Waals surface area contributed by atoms with Crippen LogP contribution in [0.2, 0.25) is 0 Å². The van der Waals surface area contributed by atoms with Gasteiger partial charge >= 0.3 is 0 Å². The molecule has 0 unspecified atom stereocenters. The predicted octanol–water partition coefficient (Wildman–Crippen LogP) is 2.65. The number of para-hydroxylation sites is 2. The first kappa shape index (κ1) is 16.3. The summed E-state index contributed by atoms with van der Waals surface area (Å²) in [7, 11) is 0. The third-order valence-electron chi connectivity index (χ3n) is 3.94. The van der Waals surface area contributed by atoms with Gasteiger partial charge in [-0.3, -0.25) is 4.79 Å². The molecule has 22 heavy (non-hydrogen) atoms. The molecule has 1 saturated heterocycles. The molecular formula is C17H23N3O2. The molecule has 0 atom stereocenters. The van der Waals surface area contributed by atoms with Crippen molar-refractivity contribution in [3.8, 4) is 11.8 Å². The number of piperidine rings is 1. The molecule has 1 aromatic carbocycles. The molecule has 1 aromatic rings. The van der Waals surface area contributed by atoms with E-state index in [1.807, 2.05) is 31.2 Å². The Morgan fingerprint density at radius 2 is 2.14 bits per heavy atom. The van der Waals surface area contributed by atoms with Crippen LogP contribution in [0, 0.1) is 17.2 Å². The number of nitriles is 1. The molecule has 0 radical (unpaired) electrons. The molecule has 5 heteroatoms. The fourth-order valence-corrected chi connectivity index (χ4v) is 2.71. The van der Waals surface area contributed by atoms with E-state index in [0.29, 0.717) is 18.8 Å². The molecule has 1 aliphatic heterocycles. The van der Waals surface area contributed by atoms with Gasteiger partial charge in [-0.2, -0.15) is 5.26 Å². The molecule has 1 fully saturated rings. The van der Waals surface area contributed by atoms with Crippen LogP contribution in [0.1, 0.15) is 26.2 Å². The average molecular weight is 301 g/mol. The number of carbonyl (C=O) groups excluding carboxylic acids is 1. The van der Waals surface area contributed by atoms with Crippen molar-refractivity contribution < 1.29 is 9.53 Å². The quantitative estimate of drug-likeness (QED) is 0.877. The van der Waals surface area contributed by atoms with Gasteiger partial charge in [-0.05, 0) is 45.0 Å². The van der Waals surface area contributed by atoms with Crippen LogP contribution in [0.4, 0.5) is 5.69 Å². The first-order valence-corrected chi connectivity index (χ1v) is 7.86. The molecule has 0 saturated carbocycles. The Labute approximate surface area is 131 Å². The minimum Gasteiger partial charge on any atom is -0.492 e. The van der Waals surface area contributed by atoms with E-state index >= 15 is 0 Å². The van der Waals surface area contributed by atoms with E-state index in [4.69, 9.17) is 10.00 Å². The Morgan fingerprint density at radius 3 is 2.82 bits per heavy atom. The van der Waals surface area contributed by atoms with Crippen molar-refractivity contribution in [1.29, 1.82) is 5.26 Å². The van der Waals surface area contributed by atoms with Gasteiger partial charge in [0.1, 0.15) is 5.75 Å². The van der Waals surface area contributed by atoms with Crippen molar-refractivity contribution in [3.05, 3.63) is 24.3 Å². The summed E-state index contributed by atoms with van der Waals surface area (Å²) in [5.41, 5.74) is 0.737. The minimum absolute atomic E-state index is 0.0352. The molecule has 0 aliphatic carbocycles. The van der Waals surface area contributed by atoms with E-state index in [2.05, 4.69) is 16.3 Å². The van der Waals surface area contributed by atoms with Crippen LogP contribution in [0.25, 0.3) is 0 Å². The van der Waals surface area contributed by atoms with Crippen LogP contribution in [-0.4, -0.2) is 37.0 Å². The summed E-state index contributed by atoms with van der Waals surface area (Å²) in [5.74, 6) is 0.810. The fourth-order valence-electron chi connectivity index (χ4n) is 2.71. The van der Waals surface area contributed by atoms with Gasteiger partial charge in [0.2, 0.25) is 5.91 Å². The normalized spacial score (nSPS) is 16.0. The lowest BCUT2D eigenvalue weighted by Crippen LogP contribution is -2.38. The van der Waals surface area contributed by atoms with Crippen molar-refractivity contribution in [3.63, 3.8) is 0 Å². The summed E-state index contributed by atoms with van der Waals surface area (Å²) in [5, 5.41) is 11.6. The maximum Gasteiger partial charge on any atom is 0.227 e. The summed E-state index contributed by atoms with van der Waals surface area (Å²) in [6, 6.07) is 9.68. The Balaban J connectivity index is 1.87. The van der Waals surface area contributed by atoms with Crippen molar-refractivity contribution in [2.24, 2.45) is 5.92 Å². The van der Waals surface area contributed by atoms with E-state index in [1.54, 1.807) is 0 Å². The van der Waals surface area contributed by atoms with E-state index < -0.39 is 0 Å². The number of nitrogens with one attached hydrogen (secondary N) is 1. The number of amides is 1. The summed E-state index contributed by atoms with van der Waals surface area (Å²) in [6.07, 6.45) is 2.24. The van der Waals surface area contributed by atoms with Gasteiger partial charge in [0.15, 0.2) is 0 Å². The Bertz CT molecular complexity index is 531. The fraction of sp³-hybridized carbons (Fsp3) is 0.529. The minimum atomic E-state index is 0.0352. The number of rotatable bonds is 6. The maximum atomic E-state index is 12.4. The molecule has 1 heterocycles. The number of carbonyl (C=O) groups is 1. The van der Waals surface area contributed by atoms with E-state index in [0.717, 1.165) is 38.2 Å². The molecule has 0 bridgehead atoms. The number of likely N-dealkylation sites (tertiary alicyclic amines) is 1. The van der Waals surface area contributed by atoms with Crippen LogP contribution in [0.15, 0.2) is 24.3 Å². The zero-order valence-corrected chi connectivity index (χ0v) is 13.0.